The van der Waals surface area contributed by atoms with Gasteiger partial charge in [0.25, 0.3) is 0 Å². The molecule has 1 atom stereocenters. The summed E-state index contributed by atoms with van der Waals surface area (Å²) in [7, 11) is 0. The minimum Gasteiger partial charge on any atom is -0.354 e. The van der Waals surface area contributed by atoms with E-state index < -0.39 is 0 Å². The third-order valence-corrected chi connectivity index (χ3v) is 3.58. The van der Waals surface area contributed by atoms with E-state index in [0.29, 0.717) is 5.82 Å². The summed E-state index contributed by atoms with van der Waals surface area (Å²) in [6.07, 6.45) is 5.73. The number of nitrogens with one attached hydrogen (secondary N) is 1. The van der Waals surface area contributed by atoms with Gasteiger partial charge in [0.2, 0.25) is 5.95 Å². The summed E-state index contributed by atoms with van der Waals surface area (Å²) in [4.78, 5) is 9.86. The van der Waals surface area contributed by atoms with Crippen molar-refractivity contribution in [3.63, 3.8) is 0 Å². The number of rotatable bonds is 3. The van der Waals surface area contributed by atoms with Crippen LogP contribution in [0.3, 0.4) is 0 Å². The molecule has 0 amide bonds. The van der Waals surface area contributed by atoms with Crippen molar-refractivity contribution in [2.75, 3.05) is 23.4 Å². The summed E-state index contributed by atoms with van der Waals surface area (Å²) in [6, 6.07) is 0. The molecule has 1 aromatic heterocycles. The first-order valence-electron chi connectivity index (χ1n) is 6.48. The molecule has 3 N–H and O–H groups in total. The average Bonchev–Trinajstić information content (AvgIpc) is 2.64. The molecular weight excluding hydrogens is 233 g/mol. The van der Waals surface area contributed by atoms with Crippen molar-refractivity contribution in [1.82, 2.24) is 9.97 Å². The number of aromatic nitrogens is 2. The molecule has 2 rings (SSSR count). The Morgan fingerprint density at radius 1 is 1.50 bits per heavy atom. The molecule has 18 heavy (non-hydrogen) atoms. The molecule has 2 heterocycles. The lowest BCUT2D eigenvalue weighted by Crippen LogP contribution is -2.27. The molecule has 0 radical (unpaired) electrons. The van der Waals surface area contributed by atoms with Gasteiger partial charge in [-0.2, -0.15) is 4.98 Å². The molecule has 6 heteroatoms. The smallest absolute Gasteiger partial charge is 0.239 e. The fraction of sp³-hybridized carbons (Fsp3) is 0.667. The number of hydrazine groups is 1. The first kappa shape index (κ1) is 13.0. The van der Waals surface area contributed by atoms with Crippen LogP contribution in [-0.2, 0) is 0 Å². The number of anilines is 2. The Morgan fingerprint density at radius 2 is 2.33 bits per heavy atom. The highest BCUT2D eigenvalue weighted by Crippen LogP contribution is 2.25. The Balaban J connectivity index is 2.15. The van der Waals surface area contributed by atoms with E-state index in [2.05, 4.69) is 22.3 Å². The Morgan fingerprint density at radius 3 is 3.06 bits per heavy atom. The van der Waals surface area contributed by atoms with Crippen LogP contribution < -0.4 is 16.2 Å². The second-order valence-corrected chi connectivity index (χ2v) is 4.70. The van der Waals surface area contributed by atoms with Gasteiger partial charge in [-0.1, -0.05) is 13.3 Å². The summed E-state index contributed by atoms with van der Waals surface area (Å²) in [5, 5.41) is 0. The number of nitrogens with zero attached hydrogens (tertiary/aromatic N) is 3. The van der Waals surface area contributed by atoms with E-state index in [-0.39, 0.29) is 11.8 Å². The van der Waals surface area contributed by atoms with Crippen LogP contribution in [0.15, 0.2) is 6.20 Å². The fourth-order valence-corrected chi connectivity index (χ4v) is 2.43. The monoisotopic (exact) mass is 253 g/mol. The largest absolute Gasteiger partial charge is 0.354 e. The highest BCUT2D eigenvalue weighted by molar-refractivity contribution is 5.43. The molecule has 1 aliphatic rings. The zero-order valence-electron chi connectivity index (χ0n) is 10.7. The molecule has 1 saturated heterocycles. The van der Waals surface area contributed by atoms with E-state index in [4.69, 9.17) is 5.84 Å². The van der Waals surface area contributed by atoms with Crippen molar-refractivity contribution >= 4 is 11.8 Å². The Bertz CT molecular complexity index is 398. The van der Waals surface area contributed by atoms with Gasteiger partial charge in [0.1, 0.15) is 0 Å². The second-order valence-electron chi connectivity index (χ2n) is 4.70. The highest BCUT2D eigenvalue weighted by Gasteiger charge is 2.20. The second kappa shape index (κ2) is 5.95. The summed E-state index contributed by atoms with van der Waals surface area (Å²) < 4.78 is 13.8. The molecule has 1 aliphatic heterocycles. The number of hydrogen-bond acceptors (Lipinski definition) is 5. The number of hydrogen-bond donors (Lipinski definition) is 2. The molecular formula is C12H20FN5. The van der Waals surface area contributed by atoms with Crippen molar-refractivity contribution in [3.8, 4) is 0 Å². The first-order valence-corrected chi connectivity index (χ1v) is 6.48. The van der Waals surface area contributed by atoms with Gasteiger partial charge >= 0.3 is 0 Å². The topological polar surface area (TPSA) is 67.1 Å². The van der Waals surface area contributed by atoms with Crippen LogP contribution >= 0.6 is 0 Å². The maximum absolute atomic E-state index is 13.8. The molecule has 0 bridgehead atoms. The van der Waals surface area contributed by atoms with Crippen LogP contribution in [0.25, 0.3) is 0 Å². The fourth-order valence-electron chi connectivity index (χ4n) is 2.43. The third kappa shape index (κ3) is 2.87. The average molecular weight is 253 g/mol. The van der Waals surface area contributed by atoms with Gasteiger partial charge in [0, 0.05) is 13.1 Å². The van der Waals surface area contributed by atoms with Crippen LogP contribution in [0.4, 0.5) is 16.2 Å². The summed E-state index contributed by atoms with van der Waals surface area (Å²) in [5.41, 5.74) is 2.35. The maximum Gasteiger partial charge on any atom is 0.239 e. The minimum atomic E-state index is -0.385. The Kier molecular flexibility index (Phi) is 4.30. The first-order chi connectivity index (χ1) is 8.74. The van der Waals surface area contributed by atoms with Crippen LogP contribution in [-0.4, -0.2) is 23.1 Å². The maximum atomic E-state index is 13.8. The standard InChI is InChI=1S/C12H20FN5/c1-2-9-4-3-6-18(7-5-9)11-10(13)8-15-12(16-11)17-14/h8-9H,2-7,14H2,1H3,(H,15,16,17). The normalized spacial score (nSPS) is 20.6. The van der Waals surface area contributed by atoms with E-state index in [0.717, 1.165) is 31.8 Å². The van der Waals surface area contributed by atoms with Crippen molar-refractivity contribution in [2.24, 2.45) is 11.8 Å². The number of halogens is 1. The van der Waals surface area contributed by atoms with Crippen LogP contribution in [0.2, 0.25) is 0 Å². The lowest BCUT2D eigenvalue weighted by atomic mass is 9.98. The van der Waals surface area contributed by atoms with Gasteiger partial charge in [0.05, 0.1) is 6.20 Å². The van der Waals surface area contributed by atoms with Gasteiger partial charge in [-0.25, -0.2) is 15.2 Å². The van der Waals surface area contributed by atoms with Crippen LogP contribution in [0.5, 0.6) is 0 Å². The van der Waals surface area contributed by atoms with Crippen molar-refractivity contribution in [2.45, 2.75) is 32.6 Å². The minimum absolute atomic E-state index is 0.252. The van der Waals surface area contributed by atoms with Crippen LogP contribution in [0, 0.1) is 11.7 Å². The van der Waals surface area contributed by atoms with Gasteiger partial charge in [0.15, 0.2) is 11.6 Å². The molecule has 0 aromatic carbocycles. The molecule has 0 saturated carbocycles. The summed E-state index contributed by atoms with van der Waals surface area (Å²) in [5.74, 6) is 6.22. The van der Waals surface area contributed by atoms with Crippen molar-refractivity contribution in [1.29, 1.82) is 0 Å². The van der Waals surface area contributed by atoms with Gasteiger partial charge in [-0.05, 0) is 25.2 Å². The van der Waals surface area contributed by atoms with Crippen molar-refractivity contribution < 1.29 is 4.39 Å². The SMILES string of the molecule is CCC1CCCN(c2nc(NN)ncc2F)CC1. The van der Waals surface area contributed by atoms with E-state index in [9.17, 15) is 4.39 Å². The summed E-state index contributed by atoms with van der Waals surface area (Å²) in [6.45, 7) is 3.90. The molecule has 1 aromatic rings. The van der Waals surface area contributed by atoms with Crippen molar-refractivity contribution in [3.05, 3.63) is 12.0 Å². The number of nitrogens with two attached hydrogens (primary N) is 1. The van der Waals surface area contributed by atoms with Crippen LogP contribution in [0.1, 0.15) is 32.6 Å². The zero-order chi connectivity index (χ0) is 13.0. The lowest BCUT2D eigenvalue weighted by Gasteiger charge is -2.22. The number of nitrogen functional groups attached to an aromatic ring is 1. The van der Waals surface area contributed by atoms with Gasteiger partial charge in [-0.15, -0.1) is 0 Å². The van der Waals surface area contributed by atoms with Gasteiger partial charge < -0.3 is 4.90 Å². The molecule has 0 aliphatic carbocycles. The lowest BCUT2D eigenvalue weighted by molar-refractivity contribution is 0.459. The molecule has 100 valence electrons. The Labute approximate surface area is 107 Å². The molecule has 0 spiro atoms. The zero-order valence-corrected chi connectivity index (χ0v) is 10.7. The Hall–Kier alpha value is -1.43. The quantitative estimate of drug-likeness (QED) is 0.636. The third-order valence-electron chi connectivity index (χ3n) is 3.58. The summed E-state index contributed by atoms with van der Waals surface area (Å²) >= 11 is 0. The molecule has 1 unspecified atom stereocenters. The van der Waals surface area contributed by atoms with E-state index >= 15 is 0 Å². The highest BCUT2D eigenvalue weighted by atomic mass is 19.1. The predicted octanol–water partition coefficient (Wildman–Crippen LogP) is 1.92. The predicted molar refractivity (Wildman–Crippen MR) is 69.6 cm³/mol. The molecule has 5 nitrogen and oxygen atoms in total. The van der Waals surface area contributed by atoms with Gasteiger partial charge in [-0.3, -0.25) is 5.43 Å². The van der Waals surface area contributed by atoms with E-state index in [1.807, 2.05) is 4.90 Å². The van der Waals surface area contributed by atoms with E-state index in [1.165, 1.54) is 19.0 Å². The van der Waals surface area contributed by atoms with E-state index in [1.54, 1.807) is 0 Å². The molecule has 1 fully saturated rings.